The Labute approximate surface area is 129 Å². The molecule has 9 heteroatoms. The number of carbonyl (C=O) groups excluding carboxylic acids is 2. The summed E-state index contributed by atoms with van der Waals surface area (Å²) in [6, 6.07) is 0. The molecule has 1 rings (SSSR count). The largest absolute Gasteiger partial charge is 0.779 e. The lowest BCUT2D eigenvalue weighted by molar-refractivity contribution is -0.277. The molecule has 1 fully saturated rings. The molecule has 0 amide bonds. The third-order valence-corrected chi connectivity index (χ3v) is 4.15. The highest BCUT2D eigenvalue weighted by Gasteiger charge is 2.45. The second kappa shape index (κ2) is 7.55. The normalized spacial score (nSPS) is 34.5. The van der Waals surface area contributed by atoms with Gasteiger partial charge in [0.2, 0.25) is 6.29 Å². The predicted molar refractivity (Wildman–Crippen MR) is 73.8 cm³/mol. The second-order valence-corrected chi connectivity index (χ2v) is 7.27. The lowest BCUT2D eigenvalue weighted by Crippen LogP contribution is -2.53. The van der Waals surface area contributed by atoms with Crippen LogP contribution < -0.4 is 4.89 Å². The van der Waals surface area contributed by atoms with Gasteiger partial charge in [-0.1, -0.05) is 13.8 Å². The fraction of sp³-hybridized carbons (Fsp3) is 0.846. The third-order valence-electron chi connectivity index (χ3n) is 3.56. The molecule has 128 valence electrons. The predicted octanol–water partition coefficient (Wildman–Crippen LogP) is 0.678. The Kier molecular flexibility index (Phi) is 6.55. The smallest absolute Gasteiger partial charge is 0.303 e. The Morgan fingerprint density at radius 2 is 1.77 bits per heavy atom. The van der Waals surface area contributed by atoms with Crippen LogP contribution in [0.2, 0.25) is 0 Å². The van der Waals surface area contributed by atoms with Crippen LogP contribution in [0.1, 0.15) is 27.7 Å². The van der Waals surface area contributed by atoms with Crippen molar-refractivity contribution in [3.63, 3.8) is 0 Å². The minimum absolute atomic E-state index is 0.0274. The van der Waals surface area contributed by atoms with Crippen LogP contribution in [0.4, 0.5) is 0 Å². The molecule has 1 saturated heterocycles. The van der Waals surface area contributed by atoms with Crippen LogP contribution in [-0.2, 0) is 32.9 Å². The van der Waals surface area contributed by atoms with Crippen LogP contribution in [0.5, 0.6) is 0 Å². The first-order valence-electron chi connectivity index (χ1n) is 6.94. The van der Waals surface area contributed by atoms with Gasteiger partial charge in [0.15, 0.2) is 6.10 Å². The SMILES string of the molecule is CC(=O)OCC1OC(OP(C)(=O)[O-])C(OC(C)=O)[C@@H](C)[C@H]1C. The molecule has 0 aromatic heterocycles. The van der Waals surface area contributed by atoms with E-state index in [0.29, 0.717) is 0 Å². The Hall–Kier alpha value is -0.950. The molecule has 0 aliphatic carbocycles. The van der Waals surface area contributed by atoms with Gasteiger partial charge in [-0.05, 0) is 5.92 Å². The van der Waals surface area contributed by atoms with Gasteiger partial charge in [-0.3, -0.25) is 9.59 Å². The molecular formula is C13H22O8P-. The minimum Gasteiger partial charge on any atom is -0.779 e. The van der Waals surface area contributed by atoms with Crippen LogP contribution >= 0.6 is 7.60 Å². The molecule has 0 aromatic rings. The van der Waals surface area contributed by atoms with E-state index in [1.807, 2.05) is 6.92 Å². The summed E-state index contributed by atoms with van der Waals surface area (Å²) >= 11 is 0. The van der Waals surface area contributed by atoms with Crippen molar-refractivity contribution in [2.24, 2.45) is 11.8 Å². The van der Waals surface area contributed by atoms with Gasteiger partial charge in [-0.2, -0.15) is 0 Å². The topological polar surface area (TPSA) is 111 Å². The first kappa shape index (κ1) is 19.1. The van der Waals surface area contributed by atoms with Crippen molar-refractivity contribution in [1.82, 2.24) is 0 Å². The maximum absolute atomic E-state index is 11.4. The molecule has 0 spiro atoms. The van der Waals surface area contributed by atoms with Crippen molar-refractivity contribution in [3.8, 4) is 0 Å². The Morgan fingerprint density at radius 3 is 2.23 bits per heavy atom. The fourth-order valence-corrected chi connectivity index (χ4v) is 2.82. The van der Waals surface area contributed by atoms with Crippen molar-refractivity contribution in [2.45, 2.75) is 46.2 Å². The lowest BCUT2D eigenvalue weighted by atomic mass is 9.83. The summed E-state index contributed by atoms with van der Waals surface area (Å²) in [4.78, 5) is 33.5. The van der Waals surface area contributed by atoms with Gasteiger partial charge in [0.25, 0.3) is 0 Å². The zero-order valence-electron chi connectivity index (χ0n) is 13.3. The number of hydrogen-bond donors (Lipinski definition) is 0. The summed E-state index contributed by atoms with van der Waals surface area (Å²) in [7, 11) is -4.10. The van der Waals surface area contributed by atoms with E-state index in [0.717, 1.165) is 6.66 Å². The number of ether oxygens (including phenoxy) is 3. The van der Waals surface area contributed by atoms with E-state index in [1.54, 1.807) is 6.92 Å². The average Bonchev–Trinajstić information content (AvgIpc) is 2.34. The highest BCUT2D eigenvalue weighted by atomic mass is 31.2. The molecule has 1 heterocycles. The Bertz CT molecular complexity index is 457. The van der Waals surface area contributed by atoms with Crippen LogP contribution in [-0.4, -0.2) is 43.7 Å². The first-order valence-corrected chi connectivity index (χ1v) is 8.93. The van der Waals surface area contributed by atoms with Crippen molar-refractivity contribution in [3.05, 3.63) is 0 Å². The second-order valence-electron chi connectivity index (χ2n) is 5.51. The van der Waals surface area contributed by atoms with E-state index in [2.05, 4.69) is 0 Å². The molecule has 0 bridgehead atoms. The van der Waals surface area contributed by atoms with E-state index < -0.39 is 38.0 Å². The van der Waals surface area contributed by atoms with E-state index in [1.165, 1.54) is 13.8 Å². The molecule has 0 saturated carbocycles. The summed E-state index contributed by atoms with van der Waals surface area (Å²) < 4.78 is 31.9. The van der Waals surface area contributed by atoms with Crippen LogP contribution in [0, 0.1) is 11.8 Å². The number of rotatable bonds is 5. The maximum atomic E-state index is 11.4. The standard InChI is InChI=1S/C13H23O8P/c1-7-8(2)12(19-10(4)15)13(21-22(5,16)17)20-11(7)6-18-9(3)14/h7-8,11-13H,6H2,1-5H3,(H,16,17)/p-1/t7-,8+,11?,12?,13?/m1/s1. The van der Waals surface area contributed by atoms with Gasteiger partial charge < -0.3 is 28.2 Å². The Morgan fingerprint density at radius 1 is 1.18 bits per heavy atom. The summed E-state index contributed by atoms with van der Waals surface area (Å²) in [5.74, 6) is -1.40. The van der Waals surface area contributed by atoms with Crippen molar-refractivity contribution < 1.29 is 37.8 Å². The van der Waals surface area contributed by atoms with E-state index in [-0.39, 0.29) is 18.4 Å². The minimum atomic E-state index is -4.10. The van der Waals surface area contributed by atoms with Gasteiger partial charge in [-0.15, -0.1) is 0 Å². The van der Waals surface area contributed by atoms with Gasteiger partial charge in [0.1, 0.15) is 14.2 Å². The molecule has 1 aliphatic rings. The summed E-state index contributed by atoms with van der Waals surface area (Å²) in [6.07, 6.45) is -2.67. The van der Waals surface area contributed by atoms with E-state index in [4.69, 9.17) is 18.7 Å². The molecular weight excluding hydrogens is 315 g/mol. The first-order chi connectivity index (χ1) is 10.0. The van der Waals surface area contributed by atoms with Crippen LogP contribution in [0.3, 0.4) is 0 Å². The van der Waals surface area contributed by atoms with Gasteiger partial charge in [0, 0.05) is 26.4 Å². The zero-order chi connectivity index (χ0) is 17.1. The van der Waals surface area contributed by atoms with Crippen LogP contribution in [0.25, 0.3) is 0 Å². The van der Waals surface area contributed by atoms with Gasteiger partial charge in [0.05, 0.1) is 6.10 Å². The number of esters is 2. The highest BCUT2D eigenvalue weighted by molar-refractivity contribution is 7.50. The van der Waals surface area contributed by atoms with Crippen molar-refractivity contribution in [2.75, 3.05) is 13.3 Å². The van der Waals surface area contributed by atoms with Crippen molar-refractivity contribution in [1.29, 1.82) is 0 Å². The quantitative estimate of drug-likeness (QED) is 0.532. The average molecular weight is 337 g/mol. The number of hydrogen-bond acceptors (Lipinski definition) is 8. The Balaban J connectivity index is 2.91. The number of carbonyl (C=O) groups is 2. The van der Waals surface area contributed by atoms with E-state index >= 15 is 0 Å². The zero-order valence-corrected chi connectivity index (χ0v) is 14.2. The molecule has 22 heavy (non-hydrogen) atoms. The molecule has 4 unspecified atom stereocenters. The molecule has 6 atom stereocenters. The van der Waals surface area contributed by atoms with Crippen molar-refractivity contribution >= 4 is 19.5 Å². The molecule has 0 radical (unpaired) electrons. The fourth-order valence-electron chi connectivity index (χ4n) is 2.28. The summed E-state index contributed by atoms with van der Waals surface area (Å²) in [6.45, 7) is 7.01. The summed E-state index contributed by atoms with van der Waals surface area (Å²) in [5, 5.41) is 0. The highest BCUT2D eigenvalue weighted by Crippen LogP contribution is 2.41. The monoisotopic (exact) mass is 337 g/mol. The van der Waals surface area contributed by atoms with E-state index in [9.17, 15) is 19.0 Å². The lowest BCUT2D eigenvalue weighted by Gasteiger charge is -2.44. The molecule has 0 aromatic carbocycles. The van der Waals surface area contributed by atoms with Crippen LogP contribution in [0.15, 0.2) is 0 Å². The summed E-state index contributed by atoms with van der Waals surface area (Å²) in [5.41, 5.74) is 0. The maximum Gasteiger partial charge on any atom is 0.303 e. The molecule has 1 aliphatic heterocycles. The molecule has 8 nitrogen and oxygen atoms in total. The molecule has 0 N–H and O–H groups in total. The third kappa shape index (κ3) is 5.68. The van der Waals surface area contributed by atoms with Gasteiger partial charge >= 0.3 is 11.9 Å². The van der Waals surface area contributed by atoms with Gasteiger partial charge in [-0.25, -0.2) is 0 Å².